The standard InChI is InChI=1S/C15H28N2O/c1-14(2,12-16)8-5-6-10-17-11-7-9-15(3,13-17)18-4/h5-11,13H2,1-4H3. The van der Waals surface area contributed by atoms with Gasteiger partial charge in [0.05, 0.1) is 17.1 Å². The number of unbranched alkanes of at least 4 members (excludes halogenated alkanes) is 1. The molecule has 0 radical (unpaired) electrons. The molecule has 0 N–H and O–H groups in total. The average Bonchev–Trinajstić information content (AvgIpc) is 2.35. The molecule has 0 aliphatic carbocycles. The van der Waals surface area contributed by atoms with Crippen molar-refractivity contribution >= 4 is 0 Å². The van der Waals surface area contributed by atoms with Crippen molar-refractivity contribution in [2.24, 2.45) is 5.41 Å². The largest absolute Gasteiger partial charge is 0.377 e. The highest BCUT2D eigenvalue weighted by Crippen LogP contribution is 2.25. The van der Waals surface area contributed by atoms with Gasteiger partial charge < -0.3 is 9.64 Å². The lowest BCUT2D eigenvalue weighted by molar-refractivity contribution is -0.0509. The lowest BCUT2D eigenvalue weighted by Crippen LogP contribution is -2.47. The van der Waals surface area contributed by atoms with E-state index in [1.54, 1.807) is 0 Å². The molecular formula is C15H28N2O. The van der Waals surface area contributed by atoms with Crippen molar-refractivity contribution in [1.82, 2.24) is 4.90 Å². The maximum absolute atomic E-state index is 8.97. The Labute approximate surface area is 112 Å². The molecule has 1 heterocycles. The van der Waals surface area contributed by atoms with E-state index in [1.807, 2.05) is 21.0 Å². The third-order valence-corrected chi connectivity index (χ3v) is 4.06. The maximum Gasteiger partial charge on any atom is 0.0777 e. The van der Waals surface area contributed by atoms with Crippen LogP contribution in [0.4, 0.5) is 0 Å². The van der Waals surface area contributed by atoms with E-state index >= 15 is 0 Å². The van der Waals surface area contributed by atoms with Gasteiger partial charge in [-0.3, -0.25) is 0 Å². The summed E-state index contributed by atoms with van der Waals surface area (Å²) in [7, 11) is 1.82. The van der Waals surface area contributed by atoms with Gasteiger partial charge in [-0.05, 0) is 59.5 Å². The Bertz CT molecular complexity index is 295. The van der Waals surface area contributed by atoms with E-state index in [-0.39, 0.29) is 11.0 Å². The van der Waals surface area contributed by atoms with Crippen LogP contribution in [0.25, 0.3) is 0 Å². The van der Waals surface area contributed by atoms with Gasteiger partial charge in [0.15, 0.2) is 0 Å². The van der Waals surface area contributed by atoms with Crippen molar-refractivity contribution in [3.8, 4) is 6.07 Å². The van der Waals surface area contributed by atoms with Gasteiger partial charge in [0.1, 0.15) is 0 Å². The maximum atomic E-state index is 8.97. The number of nitrogens with zero attached hydrogens (tertiary/aromatic N) is 2. The van der Waals surface area contributed by atoms with Crippen LogP contribution in [0, 0.1) is 16.7 Å². The van der Waals surface area contributed by atoms with E-state index < -0.39 is 0 Å². The number of hydrogen-bond donors (Lipinski definition) is 0. The van der Waals surface area contributed by atoms with Crippen molar-refractivity contribution in [3.05, 3.63) is 0 Å². The second-order valence-corrected chi connectivity index (χ2v) is 6.49. The molecule has 0 spiro atoms. The normalized spacial score (nSPS) is 25.9. The second-order valence-electron chi connectivity index (χ2n) is 6.49. The van der Waals surface area contributed by atoms with Crippen molar-refractivity contribution < 1.29 is 4.74 Å². The van der Waals surface area contributed by atoms with Crippen LogP contribution in [0.1, 0.15) is 52.9 Å². The highest BCUT2D eigenvalue weighted by molar-refractivity contribution is 4.91. The predicted molar refractivity (Wildman–Crippen MR) is 74.3 cm³/mol. The topological polar surface area (TPSA) is 36.3 Å². The Morgan fingerprint density at radius 3 is 2.72 bits per heavy atom. The Balaban J connectivity index is 2.22. The van der Waals surface area contributed by atoms with Crippen LogP contribution in [0.15, 0.2) is 0 Å². The zero-order valence-corrected chi connectivity index (χ0v) is 12.5. The van der Waals surface area contributed by atoms with E-state index in [0.717, 1.165) is 25.9 Å². The van der Waals surface area contributed by atoms with Gasteiger partial charge in [-0.15, -0.1) is 0 Å². The molecule has 0 saturated carbocycles. The van der Waals surface area contributed by atoms with Crippen molar-refractivity contribution in [3.63, 3.8) is 0 Å². The van der Waals surface area contributed by atoms with Crippen LogP contribution in [0.2, 0.25) is 0 Å². The highest BCUT2D eigenvalue weighted by Gasteiger charge is 2.30. The van der Waals surface area contributed by atoms with E-state index in [0.29, 0.717) is 0 Å². The summed E-state index contributed by atoms with van der Waals surface area (Å²) in [5, 5.41) is 8.97. The van der Waals surface area contributed by atoms with Gasteiger partial charge in [-0.1, -0.05) is 6.42 Å². The van der Waals surface area contributed by atoms with E-state index in [2.05, 4.69) is 17.9 Å². The first-order chi connectivity index (χ1) is 8.41. The molecule has 1 aliphatic rings. The zero-order valence-electron chi connectivity index (χ0n) is 12.5. The van der Waals surface area contributed by atoms with E-state index in [9.17, 15) is 0 Å². The third-order valence-electron chi connectivity index (χ3n) is 4.06. The summed E-state index contributed by atoms with van der Waals surface area (Å²) in [6.07, 6.45) is 5.72. The minimum absolute atomic E-state index is 0.0458. The van der Waals surface area contributed by atoms with Crippen molar-refractivity contribution in [2.75, 3.05) is 26.7 Å². The lowest BCUT2D eigenvalue weighted by atomic mass is 9.89. The van der Waals surface area contributed by atoms with E-state index in [4.69, 9.17) is 10.00 Å². The molecule has 0 aromatic heterocycles. The first-order valence-corrected chi connectivity index (χ1v) is 7.10. The summed E-state index contributed by atoms with van der Waals surface area (Å²) in [4.78, 5) is 2.51. The summed E-state index contributed by atoms with van der Waals surface area (Å²) < 4.78 is 5.60. The Hall–Kier alpha value is -0.590. The number of hydrogen-bond acceptors (Lipinski definition) is 3. The van der Waals surface area contributed by atoms with Crippen LogP contribution in [-0.4, -0.2) is 37.2 Å². The summed E-state index contributed by atoms with van der Waals surface area (Å²) in [6.45, 7) is 9.63. The Morgan fingerprint density at radius 2 is 2.11 bits per heavy atom. The van der Waals surface area contributed by atoms with Gasteiger partial charge in [-0.2, -0.15) is 5.26 Å². The molecule has 1 fully saturated rings. The summed E-state index contributed by atoms with van der Waals surface area (Å²) >= 11 is 0. The second kappa shape index (κ2) is 6.54. The number of nitriles is 1. The summed E-state index contributed by atoms with van der Waals surface area (Å²) in [5.41, 5.74) is -0.118. The molecule has 0 aromatic carbocycles. The first kappa shape index (κ1) is 15.5. The number of methoxy groups -OCH3 is 1. The minimum Gasteiger partial charge on any atom is -0.377 e. The van der Waals surface area contributed by atoms with Gasteiger partial charge in [0, 0.05) is 13.7 Å². The summed E-state index contributed by atoms with van der Waals surface area (Å²) in [5.74, 6) is 0. The third kappa shape index (κ3) is 4.96. The van der Waals surface area contributed by atoms with Crippen molar-refractivity contribution in [2.45, 2.75) is 58.5 Å². The summed E-state index contributed by atoms with van der Waals surface area (Å²) in [6, 6.07) is 2.37. The molecule has 3 heteroatoms. The number of ether oxygens (including phenoxy) is 1. The van der Waals surface area contributed by atoms with Gasteiger partial charge in [0.25, 0.3) is 0 Å². The van der Waals surface area contributed by atoms with E-state index in [1.165, 1.54) is 25.8 Å². The number of likely N-dealkylation sites (tertiary alicyclic amines) is 1. The molecule has 1 atom stereocenters. The van der Waals surface area contributed by atoms with Crippen LogP contribution < -0.4 is 0 Å². The Kier molecular flexibility index (Phi) is 5.62. The monoisotopic (exact) mass is 252 g/mol. The predicted octanol–water partition coefficient (Wildman–Crippen LogP) is 3.21. The molecule has 1 rings (SSSR count). The molecule has 18 heavy (non-hydrogen) atoms. The molecule has 0 aromatic rings. The number of piperidine rings is 1. The lowest BCUT2D eigenvalue weighted by Gasteiger charge is -2.39. The van der Waals surface area contributed by atoms with Crippen LogP contribution in [0.5, 0.6) is 0 Å². The van der Waals surface area contributed by atoms with Gasteiger partial charge in [-0.25, -0.2) is 0 Å². The fraction of sp³-hybridized carbons (Fsp3) is 0.933. The fourth-order valence-electron chi connectivity index (χ4n) is 2.62. The highest BCUT2D eigenvalue weighted by atomic mass is 16.5. The molecular weight excluding hydrogens is 224 g/mol. The molecule has 1 saturated heterocycles. The van der Waals surface area contributed by atoms with Crippen molar-refractivity contribution in [1.29, 1.82) is 5.26 Å². The molecule has 0 bridgehead atoms. The molecule has 104 valence electrons. The first-order valence-electron chi connectivity index (χ1n) is 7.10. The zero-order chi connectivity index (χ0) is 13.6. The van der Waals surface area contributed by atoms with Gasteiger partial charge in [0.2, 0.25) is 0 Å². The molecule has 1 aliphatic heterocycles. The molecule has 3 nitrogen and oxygen atoms in total. The number of rotatable bonds is 6. The Morgan fingerprint density at radius 1 is 1.39 bits per heavy atom. The van der Waals surface area contributed by atoms with Gasteiger partial charge >= 0.3 is 0 Å². The van der Waals surface area contributed by atoms with Crippen LogP contribution in [-0.2, 0) is 4.74 Å². The average molecular weight is 252 g/mol. The van der Waals surface area contributed by atoms with Crippen LogP contribution in [0.3, 0.4) is 0 Å². The quantitative estimate of drug-likeness (QED) is 0.681. The molecule has 1 unspecified atom stereocenters. The van der Waals surface area contributed by atoms with Crippen LogP contribution >= 0.6 is 0 Å². The fourth-order valence-corrected chi connectivity index (χ4v) is 2.62. The minimum atomic E-state index is -0.164. The smallest absolute Gasteiger partial charge is 0.0777 e. The SMILES string of the molecule is COC1(C)CCCN(CCCCC(C)(C)C#N)C1. The molecule has 0 amide bonds.